The number of aromatic hydroxyl groups is 1. The lowest BCUT2D eigenvalue weighted by Crippen LogP contribution is -2.52. The van der Waals surface area contributed by atoms with Crippen LogP contribution < -0.4 is 5.62 Å². The number of ether oxygens (including phenoxy) is 1. The van der Waals surface area contributed by atoms with E-state index < -0.39 is 18.1 Å². The number of aromatic nitrogens is 2. The van der Waals surface area contributed by atoms with Crippen LogP contribution in [0.15, 0.2) is 28.5 Å². The predicted molar refractivity (Wildman–Crippen MR) is 142 cm³/mol. The van der Waals surface area contributed by atoms with Crippen molar-refractivity contribution in [1.29, 1.82) is 0 Å². The molecule has 0 radical (unpaired) electrons. The molecule has 0 saturated carbocycles. The molecule has 6 nitrogen and oxygen atoms in total. The van der Waals surface area contributed by atoms with Gasteiger partial charge in [0.05, 0.1) is 29.2 Å². The summed E-state index contributed by atoms with van der Waals surface area (Å²) in [5, 5.41) is 11.0. The fourth-order valence-corrected chi connectivity index (χ4v) is 4.96. The molecule has 0 atom stereocenters. The SMILES string of the molecule is CCC(CC)(OC)C(F)(F)Cn1ccn(CC(=O)c2cc(C(C)(C)C)c(O)c(C(C)(C)C)c2)c1=NBr. The number of phenolic OH excluding ortho intramolecular Hbond substituents is 1. The standard InChI is InChI=1S/C27H40BrF2N3O3/c1-10-26(11-2,36-9)27(29,30)17-33-13-12-32(23(33)31-28)16-21(34)18-14-19(24(3,4)5)22(35)20(15-18)25(6,7)8/h12-15,35H,10-11,16-17H2,1-9H3. The summed E-state index contributed by atoms with van der Waals surface area (Å²) >= 11 is 3.04. The van der Waals surface area contributed by atoms with E-state index in [2.05, 4.69) is 20.2 Å². The number of ketones is 1. The van der Waals surface area contributed by atoms with Crippen LogP contribution in [0.1, 0.15) is 89.7 Å². The molecule has 1 heterocycles. The van der Waals surface area contributed by atoms with Gasteiger partial charge >= 0.3 is 0 Å². The van der Waals surface area contributed by atoms with Crippen molar-refractivity contribution >= 4 is 21.9 Å². The molecule has 36 heavy (non-hydrogen) atoms. The van der Waals surface area contributed by atoms with Crippen LogP contribution in [0.25, 0.3) is 0 Å². The number of alkyl halides is 2. The first-order valence-corrected chi connectivity index (χ1v) is 12.9. The van der Waals surface area contributed by atoms with E-state index in [1.165, 1.54) is 22.4 Å². The average molecular weight is 573 g/mol. The topological polar surface area (TPSA) is 68.8 Å². The zero-order chi connectivity index (χ0) is 27.7. The largest absolute Gasteiger partial charge is 0.507 e. The summed E-state index contributed by atoms with van der Waals surface area (Å²) in [6, 6.07) is 3.44. The van der Waals surface area contributed by atoms with Crippen molar-refractivity contribution in [2.75, 3.05) is 7.11 Å². The summed E-state index contributed by atoms with van der Waals surface area (Å²) in [7, 11) is 1.31. The highest BCUT2D eigenvalue weighted by molar-refractivity contribution is 9.08. The maximum atomic E-state index is 15.3. The number of methoxy groups -OCH3 is 1. The van der Waals surface area contributed by atoms with E-state index >= 15 is 8.78 Å². The Morgan fingerprint density at radius 3 is 1.86 bits per heavy atom. The number of hydrogen-bond donors (Lipinski definition) is 1. The van der Waals surface area contributed by atoms with Crippen LogP contribution in [0.3, 0.4) is 0 Å². The van der Waals surface area contributed by atoms with Gasteiger partial charge < -0.3 is 19.0 Å². The number of hydrogen-bond acceptors (Lipinski definition) is 4. The normalized spacial score (nSPS) is 13.9. The van der Waals surface area contributed by atoms with E-state index in [-0.39, 0.29) is 47.4 Å². The highest BCUT2D eigenvalue weighted by Crippen LogP contribution is 2.40. The van der Waals surface area contributed by atoms with Gasteiger partial charge in [0.15, 0.2) is 5.78 Å². The minimum absolute atomic E-state index is 0.0993. The van der Waals surface area contributed by atoms with Crippen molar-refractivity contribution in [3.8, 4) is 5.75 Å². The molecule has 1 N–H and O–H groups in total. The van der Waals surface area contributed by atoms with E-state index in [0.29, 0.717) is 16.7 Å². The quantitative estimate of drug-likeness (QED) is 0.348. The molecule has 1 aromatic heterocycles. The number of Topliss-reactive ketones (excluding diaryl/α,β-unsaturated/α-hetero) is 1. The Labute approximate surface area is 221 Å². The molecule has 202 valence electrons. The molecular weight excluding hydrogens is 532 g/mol. The monoisotopic (exact) mass is 571 g/mol. The van der Waals surface area contributed by atoms with Crippen LogP contribution in [0.4, 0.5) is 8.78 Å². The van der Waals surface area contributed by atoms with Crippen LogP contribution in [0.5, 0.6) is 5.75 Å². The summed E-state index contributed by atoms with van der Waals surface area (Å²) in [6.07, 6.45) is 3.36. The number of halogens is 3. The fraction of sp³-hybridized carbons (Fsp3) is 0.630. The molecule has 0 spiro atoms. The van der Waals surface area contributed by atoms with Gasteiger partial charge in [0, 0.05) is 36.2 Å². The number of nitrogens with zero attached hydrogens (tertiary/aromatic N) is 3. The van der Waals surface area contributed by atoms with Gasteiger partial charge in [-0.05, 0) is 35.8 Å². The zero-order valence-corrected chi connectivity index (χ0v) is 24.5. The van der Waals surface area contributed by atoms with Gasteiger partial charge in [-0.2, -0.15) is 4.02 Å². The van der Waals surface area contributed by atoms with E-state index in [0.717, 1.165) is 0 Å². The lowest BCUT2D eigenvalue weighted by molar-refractivity contribution is -0.207. The Hall–Kier alpha value is -2.00. The second-order valence-electron chi connectivity index (χ2n) is 11.4. The lowest BCUT2D eigenvalue weighted by atomic mass is 9.78. The third kappa shape index (κ3) is 5.93. The van der Waals surface area contributed by atoms with Gasteiger partial charge in [0.1, 0.15) is 11.4 Å². The Morgan fingerprint density at radius 2 is 1.47 bits per heavy atom. The number of phenols is 1. The van der Waals surface area contributed by atoms with Gasteiger partial charge in [-0.3, -0.25) is 4.79 Å². The maximum absolute atomic E-state index is 15.3. The summed E-state index contributed by atoms with van der Waals surface area (Å²) in [6.45, 7) is 14.5. The number of rotatable bonds is 9. The predicted octanol–water partition coefficient (Wildman–Crippen LogP) is 6.52. The number of benzene rings is 1. The van der Waals surface area contributed by atoms with E-state index in [4.69, 9.17) is 4.74 Å². The summed E-state index contributed by atoms with van der Waals surface area (Å²) < 4.78 is 42.8. The van der Waals surface area contributed by atoms with Crippen molar-refractivity contribution in [3.63, 3.8) is 0 Å². The number of carbonyl (C=O) groups is 1. The van der Waals surface area contributed by atoms with E-state index in [1.54, 1.807) is 32.2 Å². The molecule has 0 bridgehead atoms. The van der Waals surface area contributed by atoms with Gasteiger partial charge in [-0.1, -0.05) is 55.4 Å². The average Bonchev–Trinajstić information content (AvgIpc) is 3.13. The molecule has 9 heteroatoms. The van der Waals surface area contributed by atoms with Crippen LogP contribution >= 0.6 is 16.1 Å². The highest BCUT2D eigenvalue weighted by Gasteiger charge is 2.52. The Kier molecular flexibility index (Phi) is 9.05. The molecule has 0 aliphatic heterocycles. The van der Waals surface area contributed by atoms with Gasteiger partial charge in [0.2, 0.25) is 5.62 Å². The third-order valence-corrected chi connectivity index (χ3v) is 7.26. The van der Waals surface area contributed by atoms with E-state index in [9.17, 15) is 9.90 Å². The Morgan fingerprint density at radius 1 is 1.00 bits per heavy atom. The second-order valence-corrected chi connectivity index (χ2v) is 11.7. The molecule has 2 aromatic rings. The smallest absolute Gasteiger partial charge is 0.293 e. The summed E-state index contributed by atoms with van der Waals surface area (Å²) in [5.41, 5.74) is -0.367. The molecule has 0 saturated heterocycles. The van der Waals surface area contributed by atoms with Gasteiger partial charge in [0.25, 0.3) is 5.92 Å². The van der Waals surface area contributed by atoms with Crippen LogP contribution in [0.2, 0.25) is 0 Å². The maximum Gasteiger partial charge on any atom is 0.293 e. The van der Waals surface area contributed by atoms with E-state index in [1.807, 2.05) is 41.5 Å². The minimum atomic E-state index is -3.17. The van der Waals surface area contributed by atoms with Crippen molar-refractivity contribution in [2.45, 2.75) is 104 Å². The molecule has 2 rings (SSSR count). The molecule has 0 fully saturated rings. The summed E-state index contributed by atoms with van der Waals surface area (Å²) in [4.78, 5) is 13.4. The second kappa shape index (κ2) is 10.8. The highest BCUT2D eigenvalue weighted by atomic mass is 79.9. The van der Waals surface area contributed by atoms with Crippen molar-refractivity contribution < 1.29 is 23.4 Å². The first-order valence-electron chi connectivity index (χ1n) is 12.2. The fourth-order valence-electron chi connectivity index (χ4n) is 4.55. The van der Waals surface area contributed by atoms with Gasteiger partial charge in [-0.15, -0.1) is 0 Å². The Balaban J connectivity index is 2.49. The lowest BCUT2D eigenvalue weighted by Gasteiger charge is -2.38. The molecule has 0 aliphatic carbocycles. The first-order chi connectivity index (χ1) is 16.5. The number of carbonyl (C=O) groups excluding carboxylic acids is 1. The van der Waals surface area contributed by atoms with Crippen molar-refractivity contribution in [3.05, 3.63) is 46.8 Å². The van der Waals surface area contributed by atoms with Crippen molar-refractivity contribution in [2.24, 2.45) is 4.02 Å². The minimum Gasteiger partial charge on any atom is -0.507 e. The molecule has 0 unspecified atom stereocenters. The number of imidazole rings is 1. The summed E-state index contributed by atoms with van der Waals surface area (Å²) in [5.74, 6) is -3.19. The zero-order valence-electron chi connectivity index (χ0n) is 22.9. The first kappa shape index (κ1) is 30.2. The molecular formula is C27H40BrF2N3O3. The van der Waals surface area contributed by atoms with Crippen LogP contribution in [0, 0.1) is 0 Å². The van der Waals surface area contributed by atoms with Gasteiger partial charge in [-0.25, -0.2) is 8.78 Å². The molecule has 0 aliphatic rings. The third-order valence-electron chi connectivity index (χ3n) is 6.95. The van der Waals surface area contributed by atoms with Crippen molar-refractivity contribution in [1.82, 2.24) is 9.13 Å². The van der Waals surface area contributed by atoms with Crippen LogP contribution in [-0.2, 0) is 28.7 Å². The molecule has 1 aromatic carbocycles. The Bertz CT molecular complexity index is 1110. The molecule has 0 amide bonds. The van der Waals surface area contributed by atoms with Crippen LogP contribution in [-0.4, -0.2) is 38.7 Å².